The molecule has 0 bridgehead atoms. The van der Waals surface area contributed by atoms with Crippen LogP contribution in [0.25, 0.3) is 0 Å². The Morgan fingerprint density at radius 3 is 2.67 bits per heavy atom. The number of rotatable bonds is 7. The number of hydrogen-bond acceptors (Lipinski definition) is 5. The average molecular weight is 422 g/mol. The predicted octanol–water partition coefficient (Wildman–Crippen LogP) is 5.10. The van der Waals surface area contributed by atoms with Crippen molar-refractivity contribution in [2.75, 3.05) is 24.3 Å². The minimum absolute atomic E-state index is 0.123. The monoisotopic (exact) mass is 421 g/mol. The molecule has 0 saturated carbocycles. The van der Waals surface area contributed by atoms with Gasteiger partial charge in [0, 0.05) is 39.3 Å². The maximum Gasteiger partial charge on any atom is 0.245 e. The number of hydrogen-bond donors (Lipinski definition) is 2. The van der Waals surface area contributed by atoms with Crippen molar-refractivity contribution in [1.82, 2.24) is 4.98 Å². The quantitative estimate of drug-likeness (QED) is 0.556. The molecule has 140 valence electrons. The van der Waals surface area contributed by atoms with E-state index in [9.17, 15) is 4.79 Å². The second-order valence-corrected chi connectivity index (χ2v) is 7.57. The van der Waals surface area contributed by atoms with Gasteiger partial charge >= 0.3 is 0 Å². The number of amides is 1. The van der Waals surface area contributed by atoms with Crippen LogP contribution in [0.5, 0.6) is 5.75 Å². The number of benzene rings is 2. The lowest BCUT2D eigenvalue weighted by Gasteiger charge is -2.07. The summed E-state index contributed by atoms with van der Waals surface area (Å²) in [4.78, 5) is 17.3. The first-order chi connectivity index (χ1) is 13.0. The number of halogens is 2. The zero-order valence-corrected chi connectivity index (χ0v) is 16.8. The molecule has 3 aromatic rings. The Bertz CT molecular complexity index is 926. The summed E-state index contributed by atoms with van der Waals surface area (Å²) in [5, 5.41) is 7.60. The molecule has 0 saturated heterocycles. The van der Waals surface area contributed by atoms with Crippen LogP contribution in [0.3, 0.4) is 0 Å². The van der Waals surface area contributed by atoms with E-state index < -0.39 is 0 Å². The van der Waals surface area contributed by atoms with Crippen LogP contribution >= 0.6 is 34.5 Å². The average Bonchev–Trinajstić information content (AvgIpc) is 3.10. The molecule has 0 fully saturated rings. The topological polar surface area (TPSA) is 63.2 Å². The molecule has 0 atom stereocenters. The Balaban J connectivity index is 1.56. The van der Waals surface area contributed by atoms with E-state index in [1.807, 2.05) is 30.3 Å². The number of anilines is 2. The van der Waals surface area contributed by atoms with E-state index in [1.54, 1.807) is 25.4 Å². The van der Waals surface area contributed by atoms with Gasteiger partial charge in [-0.25, -0.2) is 4.98 Å². The summed E-state index contributed by atoms with van der Waals surface area (Å²) in [5.74, 6) is 0.540. The van der Waals surface area contributed by atoms with Gasteiger partial charge in [-0.05, 0) is 29.8 Å². The Kier molecular flexibility index (Phi) is 6.55. The van der Waals surface area contributed by atoms with Crippen molar-refractivity contribution < 1.29 is 9.53 Å². The number of ether oxygens (including phenoxy) is 1. The maximum absolute atomic E-state index is 12.1. The minimum atomic E-state index is -0.186. The molecule has 1 amide bonds. The minimum Gasteiger partial charge on any atom is -0.497 e. The van der Waals surface area contributed by atoms with E-state index in [-0.39, 0.29) is 12.5 Å². The Morgan fingerprint density at radius 2 is 1.93 bits per heavy atom. The summed E-state index contributed by atoms with van der Waals surface area (Å²) in [6.07, 6.45) is 2.28. The third-order valence-electron chi connectivity index (χ3n) is 3.74. The zero-order valence-electron chi connectivity index (χ0n) is 14.5. The highest BCUT2D eigenvalue weighted by atomic mass is 35.5. The fourth-order valence-electron chi connectivity index (χ4n) is 2.40. The molecule has 1 aromatic heterocycles. The summed E-state index contributed by atoms with van der Waals surface area (Å²) in [6, 6.07) is 12.8. The Morgan fingerprint density at radius 1 is 1.19 bits per heavy atom. The number of nitrogens with one attached hydrogen (secondary N) is 2. The third-order valence-corrected chi connectivity index (χ3v) is 5.36. The van der Waals surface area contributed by atoms with E-state index >= 15 is 0 Å². The first-order valence-corrected chi connectivity index (χ1v) is 9.68. The highest BCUT2D eigenvalue weighted by molar-refractivity contribution is 7.15. The van der Waals surface area contributed by atoms with Gasteiger partial charge in [0.25, 0.3) is 0 Å². The van der Waals surface area contributed by atoms with Crippen molar-refractivity contribution in [3.63, 3.8) is 0 Å². The van der Waals surface area contributed by atoms with Gasteiger partial charge in [-0.15, -0.1) is 11.3 Å². The van der Waals surface area contributed by atoms with E-state index in [0.29, 0.717) is 21.6 Å². The van der Waals surface area contributed by atoms with Gasteiger partial charge < -0.3 is 15.4 Å². The summed E-state index contributed by atoms with van der Waals surface area (Å²) in [5.41, 5.74) is 1.65. The lowest BCUT2D eigenvalue weighted by molar-refractivity contribution is -0.114. The van der Waals surface area contributed by atoms with E-state index in [0.717, 1.165) is 21.9 Å². The van der Waals surface area contributed by atoms with Crippen LogP contribution in [0, 0.1) is 0 Å². The van der Waals surface area contributed by atoms with Crippen molar-refractivity contribution in [3.05, 3.63) is 69.1 Å². The molecular weight excluding hydrogens is 405 g/mol. The van der Waals surface area contributed by atoms with Crippen LogP contribution in [0.1, 0.15) is 10.4 Å². The van der Waals surface area contributed by atoms with Crippen molar-refractivity contribution in [3.8, 4) is 5.75 Å². The van der Waals surface area contributed by atoms with Crippen molar-refractivity contribution in [1.29, 1.82) is 0 Å². The summed E-state index contributed by atoms with van der Waals surface area (Å²) < 4.78 is 5.16. The zero-order chi connectivity index (χ0) is 19.2. The third kappa shape index (κ3) is 5.35. The molecule has 0 spiro atoms. The van der Waals surface area contributed by atoms with E-state index in [2.05, 4.69) is 15.6 Å². The van der Waals surface area contributed by atoms with Gasteiger partial charge in [-0.2, -0.15) is 0 Å². The smallest absolute Gasteiger partial charge is 0.245 e. The normalized spacial score (nSPS) is 10.5. The van der Waals surface area contributed by atoms with Gasteiger partial charge in [-0.3, -0.25) is 4.79 Å². The molecule has 1 heterocycles. The first-order valence-electron chi connectivity index (χ1n) is 8.10. The number of carbonyl (C=O) groups excluding carboxylic acids is 1. The second-order valence-electron chi connectivity index (χ2n) is 5.64. The fraction of sp³-hybridized carbons (Fsp3) is 0.158. The summed E-state index contributed by atoms with van der Waals surface area (Å²) in [7, 11) is 1.60. The molecule has 2 N–H and O–H groups in total. The van der Waals surface area contributed by atoms with Crippen LogP contribution < -0.4 is 15.4 Å². The molecule has 0 aliphatic rings. The van der Waals surface area contributed by atoms with Crippen LogP contribution in [0.15, 0.2) is 48.7 Å². The van der Waals surface area contributed by atoms with Gasteiger partial charge in [-0.1, -0.05) is 35.3 Å². The highest BCUT2D eigenvalue weighted by Crippen LogP contribution is 2.29. The van der Waals surface area contributed by atoms with Gasteiger partial charge in [0.15, 0.2) is 5.13 Å². The maximum atomic E-state index is 12.1. The standard InChI is InChI=1S/C19H17Cl2N3O2S/c1-26-13-5-2-4-12(8-13)22-11-18(25)24-19-23-10-14(27-19)9-15-16(20)6-3-7-17(15)21/h2-8,10,22H,9,11H2,1H3,(H,23,24,25). The summed E-state index contributed by atoms with van der Waals surface area (Å²) in [6.45, 7) is 0.123. The highest BCUT2D eigenvalue weighted by Gasteiger charge is 2.11. The molecule has 8 heteroatoms. The van der Waals surface area contributed by atoms with E-state index in [4.69, 9.17) is 27.9 Å². The lowest BCUT2D eigenvalue weighted by atomic mass is 10.1. The molecule has 5 nitrogen and oxygen atoms in total. The Hall–Kier alpha value is -2.28. The van der Waals surface area contributed by atoms with Gasteiger partial charge in [0.1, 0.15) is 5.75 Å². The predicted molar refractivity (Wildman–Crippen MR) is 111 cm³/mol. The number of aromatic nitrogens is 1. The Labute approximate surface area is 171 Å². The van der Waals surface area contributed by atoms with Crippen LogP contribution in [0.4, 0.5) is 10.8 Å². The van der Waals surface area contributed by atoms with Gasteiger partial charge in [0.05, 0.1) is 13.7 Å². The number of carbonyl (C=O) groups is 1. The molecule has 0 radical (unpaired) electrons. The summed E-state index contributed by atoms with van der Waals surface area (Å²) >= 11 is 13.8. The lowest BCUT2D eigenvalue weighted by Crippen LogP contribution is -2.21. The van der Waals surface area contributed by atoms with Crippen molar-refractivity contribution in [2.24, 2.45) is 0 Å². The number of methoxy groups -OCH3 is 1. The first kappa shape index (κ1) is 19.5. The molecular formula is C19H17Cl2N3O2S. The molecule has 27 heavy (non-hydrogen) atoms. The number of nitrogens with zero attached hydrogens (tertiary/aromatic N) is 1. The molecule has 3 rings (SSSR count). The van der Waals surface area contributed by atoms with Crippen molar-refractivity contribution >= 4 is 51.3 Å². The van der Waals surface area contributed by atoms with Crippen LogP contribution in [0.2, 0.25) is 10.0 Å². The molecule has 2 aromatic carbocycles. The fourth-order valence-corrected chi connectivity index (χ4v) is 3.77. The SMILES string of the molecule is COc1cccc(NCC(=O)Nc2ncc(Cc3c(Cl)cccc3Cl)s2)c1. The van der Waals surface area contributed by atoms with E-state index in [1.165, 1.54) is 11.3 Å². The van der Waals surface area contributed by atoms with Crippen LogP contribution in [-0.2, 0) is 11.2 Å². The molecule has 0 aliphatic heterocycles. The van der Waals surface area contributed by atoms with Crippen molar-refractivity contribution in [2.45, 2.75) is 6.42 Å². The van der Waals surface area contributed by atoms with Gasteiger partial charge in [0.2, 0.25) is 5.91 Å². The van der Waals surface area contributed by atoms with Crippen LogP contribution in [-0.4, -0.2) is 24.5 Å². The molecule has 0 unspecified atom stereocenters. The second kappa shape index (κ2) is 9.08. The largest absolute Gasteiger partial charge is 0.497 e. The molecule has 0 aliphatic carbocycles. The number of thiazole rings is 1.